The van der Waals surface area contributed by atoms with Crippen molar-refractivity contribution in [3.63, 3.8) is 0 Å². The molecule has 1 atom stereocenters. The standard InChI is InChI=1S/C20H26N4OS/c1-2-11-23(10-1)17-8-12-24(16-17)20(22-15-19-6-4-14-26-19)21-9-7-18-5-3-13-25-18/h1-6,13-14,17H,7-12,15-16H2,(H,21,22). The van der Waals surface area contributed by atoms with Gasteiger partial charge < -0.3 is 14.6 Å². The van der Waals surface area contributed by atoms with Gasteiger partial charge in [-0.15, -0.1) is 11.3 Å². The minimum Gasteiger partial charge on any atom is -0.469 e. The van der Waals surface area contributed by atoms with Gasteiger partial charge in [0, 0.05) is 50.1 Å². The molecular weight excluding hydrogens is 344 g/mol. The monoisotopic (exact) mass is 370 g/mol. The van der Waals surface area contributed by atoms with Gasteiger partial charge in [0.15, 0.2) is 5.96 Å². The molecule has 2 aliphatic heterocycles. The summed E-state index contributed by atoms with van der Waals surface area (Å²) in [6.07, 6.45) is 8.36. The van der Waals surface area contributed by atoms with E-state index in [9.17, 15) is 0 Å². The van der Waals surface area contributed by atoms with Crippen molar-refractivity contribution in [2.45, 2.75) is 25.4 Å². The highest BCUT2D eigenvalue weighted by atomic mass is 32.1. The number of guanidine groups is 1. The summed E-state index contributed by atoms with van der Waals surface area (Å²) in [6.45, 7) is 5.88. The quantitative estimate of drug-likeness (QED) is 0.482. The fourth-order valence-electron chi connectivity index (χ4n) is 3.60. The second-order valence-electron chi connectivity index (χ2n) is 6.79. The molecule has 0 amide bonds. The molecule has 2 aromatic rings. The van der Waals surface area contributed by atoms with E-state index in [0.29, 0.717) is 6.04 Å². The summed E-state index contributed by atoms with van der Waals surface area (Å²) in [5.74, 6) is 2.04. The molecule has 0 aromatic carbocycles. The van der Waals surface area contributed by atoms with Crippen LogP contribution >= 0.6 is 11.3 Å². The molecule has 2 aliphatic rings. The fraction of sp³-hybridized carbons (Fsp3) is 0.450. The number of rotatable bonds is 6. The zero-order chi connectivity index (χ0) is 17.6. The van der Waals surface area contributed by atoms with Crippen LogP contribution in [-0.2, 0) is 13.0 Å². The van der Waals surface area contributed by atoms with Crippen molar-refractivity contribution < 1.29 is 4.42 Å². The Hall–Kier alpha value is -2.05. The molecule has 4 heterocycles. The van der Waals surface area contributed by atoms with Crippen molar-refractivity contribution >= 4 is 17.3 Å². The number of furan rings is 1. The number of hydrogen-bond donors (Lipinski definition) is 1. The zero-order valence-corrected chi connectivity index (χ0v) is 15.8. The van der Waals surface area contributed by atoms with E-state index in [1.54, 1.807) is 17.6 Å². The van der Waals surface area contributed by atoms with Crippen LogP contribution in [0.15, 0.2) is 57.5 Å². The zero-order valence-electron chi connectivity index (χ0n) is 15.0. The van der Waals surface area contributed by atoms with Crippen molar-refractivity contribution in [3.05, 3.63) is 58.7 Å². The first kappa shape index (κ1) is 17.4. The third-order valence-electron chi connectivity index (χ3n) is 5.03. The minimum absolute atomic E-state index is 0.629. The van der Waals surface area contributed by atoms with Crippen LogP contribution in [0, 0.1) is 0 Å². The smallest absolute Gasteiger partial charge is 0.194 e. The first-order valence-corrected chi connectivity index (χ1v) is 10.2. The van der Waals surface area contributed by atoms with Crippen molar-refractivity contribution in [1.82, 2.24) is 15.1 Å². The van der Waals surface area contributed by atoms with E-state index >= 15 is 0 Å². The van der Waals surface area contributed by atoms with Gasteiger partial charge in [0.1, 0.15) is 5.76 Å². The summed E-state index contributed by atoms with van der Waals surface area (Å²) < 4.78 is 5.44. The molecule has 5 nitrogen and oxygen atoms in total. The predicted octanol–water partition coefficient (Wildman–Crippen LogP) is 2.98. The largest absolute Gasteiger partial charge is 0.469 e. The van der Waals surface area contributed by atoms with E-state index in [4.69, 9.17) is 9.41 Å². The third kappa shape index (κ3) is 4.37. The molecular formula is C20H26N4OS. The third-order valence-corrected chi connectivity index (χ3v) is 5.89. The second-order valence-corrected chi connectivity index (χ2v) is 7.82. The highest BCUT2D eigenvalue weighted by molar-refractivity contribution is 7.09. The lowest BCUT2D eigenvalue weighted by Crippen LogP contribution is -2.43. The molecule has 1 fully saturated rings. The molecule has 0 saturated carbocycles. The maximum absolute atomic E-state index is 5.44. The number of nitrogens with one attached hydrogen (secondary N) is 1. The lowest BCUT2D eigenvalue weighted by molar-refractivity contribution is 0.259. The van der Waals surface area contributed by atoms with Crippen LogP contribution in [-0.4, -0.2) is 54.5 Å². The SMILES string of the molecule is C1=CCN(C2CCN(C(=NCc3cccs3)NCCc3ccco3)C2)C1. The van der Waals surface area contributed by atoms with E-state index in [-0.39, 0.29) is 0 Å². The first-order chi connectivity index (χ1) is 12.9. The minimum atomic E-state index is 0.629. The summed E-state index contributed by atoms with van der Waals surface area (Å²) in [6, 6.07) is 8.83. The highest BCUT2D eigenvalue weighted by Crippen LogP contribution is 2.18. The number of thiophene rings is 1. The van der Waals surface area contributed by atoms with Crippen LogP contribution in [0.4, 0.5) is 0 Å². The summed E-state index contributed by atoms with van der Waals surface area (Å²) in [5, 5.41) is 5.67. The average molecular weight is 371 g/mol. The molecule has 1 unspecified atom stereocenters. The lowest BCUT2D eigenvalue weighted by Gasteiger charge is -2.25. The average Bonchev–Trinajstić information content (AvgIpc) is 3.45. The fourth-order valence-corrected chi connectivity index (χ4v) is 4.23. The summed E-state index contributed by atoms with van der Waals surface area (Å²) in [4.78, 5) is 11.2. The Kier molecular flexibility index (Phi) is 5.72. The van der Waals surface area contributed by atoms with Gasteiger partial charge in [0.05, 0.1) is 12.8 Å². The van der Waals surface area contributed by atoms with E-state index < -0.39 is 0 Å². The normalized spacial score (nSPS) is 21.0. The van der Waals surface area contributed by atoms with Crippen molar-refractivity contribution in [3.8, 4) is 0 Å². The predicted molar refractivity (Wildman–Crippen MR) is 107 cm³/mol. The Bertz CT molecular complexity index is 715. The van der Waals surface area contributed by atoms with Crippen LogP contribution in [0.1, 0.15) is 17.1 Å². The number of nitrogens with zero attached hydrogens (tertiary/aromatic N) is 3. The molecule has 138 valence electrons. The van der Waals surface area contributed by atoms with E-state index in [1.165, 1.54) is 11.3 Å². The molecule has 0 radical (unpaired) electrons. The summed E-state index contributed by atoms with van der Waals surface area (Å²) >= 11 is 1.77. The van der Waals surface area contributed by atoms with Crippen molar-refractivity contribution in [2.75, 3.05) is 32.7 Å². The van der Waals surface area contributed by atoms with Crippen LogP contribution in [0.5, 0.6) is 0 Å². The van der Waals surface area contributed by atoms with Gasteiger partial charge in [0.2, 0.25) is 0 Å². The van der Waals surface area contributed by atoms with Gasteiger partial charge in [-0.2, -0.15) is 0 Å². The Morgan fingerprint density at radius 2 is 2.19 bits per heavy atom. The van der Waals surface area contributed by atoms with E-state index in [2.05, 4.69) is 44.8 Å². The number of aliphatic imine (C=N–C) groups is 1. The Balaban J connectivity index is 1.37. The Morgan fingerprint density at radius 3 is 2.96 bits per heavy atom. The Morgan fingerprint density at radius 1 is 1.27 bits per heavy atom. The molecule has 0 aliphatic carbocycles. The van der Waals surface area contributed by atoms with E-state index in [0.717, 1.165) is 57.4 Å². The van der Waals surface area contributed by atoms with Gasteiger partial charge in [-0.1, -0.05) is 18.2 Å². The molecule has 26 heavy (non-hydrogen) atoms. The van der Waals surface area contributed by atoms with Crippen LogP contribution in [0.3, 0.4) is 0 Å². The lowest BCUT2D eigenvalue weighted by atomic mass is 10.2. The van der Waals surface area contributed by atoms with Crippen molar-refractivity contribution in [1.29, 1.82) is 0 Å². The summed E-state index contributed by atoms with van der Waals surface area (Å²) in [5.41, 5.74) is 0. The molecule has 6 heteroatoms. The van der Waals surface area contributed by atoms with Crippen LogP contribution < -0.4 is 5.32 Å². The van der Waals surface area contributed by atoms with Crippen LogP contribution in [0.2, 0.25) is 0 Å². The molecule has 1 saturated heterocycles. The molecule has 2 aromatic heterocycles. The van der Waals surface area contributed by atoms with Crippen LogP contribution in [0.25, 0.3) is 0 Å². The topological polar surface area (TPSA) is 44.0 Å². The Labute approximate surface area is 159 Å². The molecule has 4 rings (SSSR count). The van der Waals surface area contributed by atoms with E-state index in [1.807, 2.05) is 12.1 Å². The molecule has 1 N–H and O–H groups in total. The van der Waals surface area contributed by atoms with Gasteiger partial charge in [-0.25, -0.2) is 4.99 Å². The number of hydrogen-bond acceptors (Lipinski definition) is 4. The van der Waals surface area contributed by atoms with Gasteiger partial charge in [-0.3, -0.25) is 4.90 Å². The maximum atomic E-state index is 5.44. The molecule has 0 bridgehead atoms. The van der Waals surface area contributed by atoms with Gasteiger partial charge in [-0.05, 0) is 30.0 Å². The second kappa shape index (κ2) is 8.56. The first-order valence-electron chi connectivity index (χ1n) is 9.35. The van der Waals surface area contributed by atoms with Crippen molar-refractivity contribution in [2.24, 2.45) is 4.99 Å². The maximum Gasteiger partial charge on any atom is 0.194 e. The number of likely N-dealkylation sites (tertiary alicyclic amines) is 1. The van der Waals surface area contributed by atoms with Gasteiger partial charge in [0.25, 0.3) is 0 Å². The highest BCUT2D eigenvalue weighted by Gasteiger charge is 2.29. The summed E-state index contributed by atoms with van der Waals surface area (Å²) in [7, 11) is 0. The van der Waals surface area contributed by atoms with Gasteiger partial charge >= 0.3 is 0 Å². The molecule has 0 spiro atoms.